The Labute approximate surface area is 114 Å². The van der Waals surface area contributed by atoms with Gasteiger partial charge in [0.25, 0.3) is 5.69 Å². The molecule has 1 atom stereocenters. The van der Waals surface area contributed by atoms with Gasteiger partial charge in [0.1, 0.15) is 5.69 Å². The van der Waals surface area contributed by atoms with Crippen molar-refractivity contribution in [2.45, 2.75) is 33.8 Å². The van der Waals surface area contributed by atoms with Crippen LogP contribution in [0.25, 0.3) is 0 Å². The molecule has 1 rings (SSSR count). The Balaban J connectivity index is 3.17. The van der Waals surface area contributed by atoms with Crippen molar-refractivity contribution in [1.82, 2.24) is 0 Å². The monoisotopic (exact) mass is 266 g/mol. The summed E-state index contributed by atoms with van der Waals surface area (Å²) in [7, 11) is 1.84. The number of nitrogens with zero attached hydrogens (tertiary/aromatic N) is 2. The van der Waals surface area contributed by atoms with Gasteiger partial charge in [-0.1, -0.05) is 26.8 Å². The van der Waals surface area contributed by atoms with E-state index in [4.69, 9.17) is 0 Å². The maximum Gasteiger partial charge on any atom is 0.292 e. The van der Waals surface area contributed by atoms with E-state index in [1.54, 1.807) is 19.1 Å². The second-order valence-electron chi connectivity index (χ2n) is 6.10. The van der Waals surface area contributed by atoms with Gasteiger partial charge in [0.15, 0.2) is 0 Å². The van der Waals surface area contributed by atoms with E-state index in [2.05, 4.69) is 20.8 Å². The summed E-state index contributed by atoms with van der Waals surface area (Å²) < 4.78 is 0. The van der Waals surface area contributed by atoms with Gasteiger partial charge in [-0.25, -0.2) is 0 Å². The van der Waals surface area contributed by atoms with Crippen LogP contribution in [0.3, 0.4) is 0 Å². The van der Waals surface area contributed by atoms with Gasteiger partial charge < -0.3 is 10.0 Å². The summed E-state index contributed by atoms with van der Waals surface area (Å²) >= 11 is 0. The van der Waals surface area contributed by atoms with Crippen LogP contribution in [-0.4, -0.2) is 23.6 Å². The van der Waals surface area contributed by atoms with Gasteiger partial charge in [-0.2, -0.15) is 0 Å². The lowest BCUT2D eigenvalue weighted by molar-refractivity contribution is -0.384. The van der Waals surface area contributed by atoms with Gasteiger partial charge >= 0.3 is 0 Å². The van der Waals surface area contributed by atoms with E-state index in [1.807, 2.05) is 11.9 Å². The number of nitro benzene ring substituents is 1. The Bertz CT molecular complexity index is 464. The number of aliphatic hydroxyl groups excluding tert-OH is 1. The Hall–Kier alpha value is -1.62. The van der Waals surface area contributed by atoms with Gasteiger partial charge in [-0.05, 0) is 24.0 Å². The molecule has 0 radical (unpaired) electrons. The fraction of sp³-hybridized carbons (Fsp3) is 0.571. The first-order valence-electron chi connectivity index (χ1n) is 6.29. The van der Waals surface area contributed by atoms with Gasteiger partial charge in [-0.3, -0.25) is 10.1 Å². The molecular formula is C14H22N2O3. The number of aliphatic hydroxyl groups is 1. The Kier molecular flexibility index (Phi) is 4.52. The van der Waals surface area contributed by atoms with Crippen molar-refractivity contribution < 1.29 is 10.0 Å². The molecule has 1 aromatic carbocycles. The highest BCUT2D eigenvalue weighted by atomic mass is 16.6. The summed E-state index contributed by atoms with van der Waals surface area (Å²) in [6.07, 6.45) is -0.708. The summed E-state index contributed by atoms with van der Waals surface area (Å²) in [6.45, 7) is 8.55. The lowest BCUT2D eigenvalue weighted by Crippen LogP contribution is -2.29. The minimum Gasteiger partial charge on any atom is -0.389 e. The SMILES string of the molecule is C[C@@H](O)c1ccc(N(C)CC(C)(C)C)c([N+](=O)[O-])c1. The van der Waals surface area contributed by atoms with Crippen LogP contribution in [0.5, 0.6) is 0 Å². The molecule has 0 aliphatic heterocycles. The molecule has 0 aliphatic rings. The quantitative estimate of drug-likeness (QED) is 0.671. The molecule has 5 nitrogen and oxygen atoms in total. The predicted molar refractivity (Wildman–Crippen MR) is 76.5 cm³/mol. The van der Waals surface area contributed by atoms with Crippen LogP contribution in [0.2, 0.25) is 0 Å². The molecule has 106 valence electrons. The normalized spacial score (nSPS) is 13.2. The molecule has 0 saturated heterocycles. The van der Waals surface area contributed by atoms with Crippen LogP contribution in [0.4, 0.5) is 11.4 Å². The second-order valence-corrected chi connectivity index (χ2v) is 6.10. The molecule has 1 aromatic rings. The van der Waals surface area contributed by atoms with Gasteiger partial charge in [-0.15, -0.1) is 0 Å². The molecule has 19 heavy (non-hydrogen) atoms. The van der Waals surface area contributed by atoms with Gasteiger partial charge in [0.2, 0.25) is 0 Å². The fourth-order valence-corrected chi connectivity index (χ4v) is 2.07. The molecule has 0 bridgehead atoms. The third kappa shape index (κ3) is 4.21. The minimum absolute atomic E-state index is 0.0325. The molecule has 5 heteroatoms. The number of rotatable bonds is 4. The summed E-state index contributed by atoms with van der Waals surface area (Å²) in [4.78, 5) is 12.6. The summed E-state index contributed by atoms with van der Waals surface area (Å²) in [5.41, 5.74) is 1.21. The largest absolute Gasteiger partial charge is 0.389 e. The zero-order chi connectivity index (χ0) is 14.8. The Morgan fingerprint density at radius 2 is 2.00 bits per heavy atom. The van der Waals surface area contributed by atoms with Crippen molar-refractivity contribution >= 4 is 11.4 Å². The predicted octanol–water partition coefficient (Wildman–Crippen LogP) is 3.13. The summed E-state index contributed by atoms with van der Waals surface area (Å²) in [5, 5.41) is 20.7. The molecular weight excluding hydrogens is 244 g/mol. The zero-order valence-electron chi connectivity index (χ0n) is 12.2. The van der Waals surface area contributed by atoms with Crippen LogP contribution >= 0.6 is 0 Å². The number of hydrogen-bond donors (Lipinski definition) is 1. The average Bonchev–Trinajstić information content (AvgIpc) is 2.25. The minimum atomic E-state index is -0.708. The Morgan fingerprint density at radius 3 is 2.42 bits per heavy atom. The highest BCUT2D eigenvalue weighted by molar-refractivity contribution is 5.64. The molecule has 0 saturated carbocycles. The second kappa shape index (κ2) is 5.57. The van der Waals surface area contributed by atoms with Crippen molar-refractivity contribution in [2.24, 2.45) is 5.41 Å². The van der Waals surface area contributed by atoms with E-state index in [0.717, 1.165) is 0 Å². The number of nitro groups is 1. The third-order valence-corrected chi connectivity index (χ3v) is 2.80. The first-order chi connectivity index (χ1) is 8.61. The van der Waals surface area contributed by atoms with Crippen molar-refractivity contribution in [2.75, 3.05) is 18.5 Å². The van der Waals surface area contributed by atoms with Crippen molar-refractivity contribution in [3.05, 3.63) is 33.9 Å². The number of hydrogen-bond acceptors (Lipinski definition) is 4. The van der Waals surface area contributed by atoms with Crippen LogP contribution in [0.15, 0.2) is 18.2 Å². The van der Waals surface area contributed by atoms with E-state index >= 15 is 0 Å². The fourth-order valence-electron chi connectivity index (χ4n) is 2.07. The summed E-state index contributed by atoms with van der Waals surface area (Å²) in [5.74, 6) is 0. The number of benzene rings is 1. The maximum atomic E-state index is 11.2. The van der Waals surface area contributed by atoms with Crippen LogP contribution in [0.1, 0.15) is 39.4 Å². The first kappa shape index (κ1) is 15.4. The topological polar surface area (TPSA) is 66.6 Å². The zero-order valence-corrected chi connectivity index (χ0v) is 12.2. The summed E-state index contributed by atoms with van der Waals surface area (Å²) in [6, 6.07) is 4.87. The van der Waals surface area contributed by atoms with Crippen molar-refractivity contribution in [3.8, 4) is 0 Å². The standard InChI is InChI=1S/C14H22N2O3/c1-10(17)11-6-7-12(13(8-11)16(18)19)15(5)9-14(2,3)4/h6-8,10,17H,9H2,1-5H3/t10-/m1/s1. The average molecular weight is 266 g/mol. The third-order valence-electron chi connectivity index (χ3n) is 2.80. The smallest absolute Gasteiger partial charge is 0.292 e. The molecule has 0 unspecified atom stereocenters. The van der Waals surface area contributed by atoms with E-state index < -0.39 is 11.0 Å². The van der Waals surface area contributed by atoms with Gasteiger partial charge in [0.05, 0.1) is 11.0 Å². The van der Waals surface area contributed by atoms with E-state index in [0.29, 0.717) is 17.8 Å². The molecule has 1 N–H and O–H groups in total. The molecule has 0 aliphatic carbocycles. The first-order valence-corrected chi connectivity index (χ1v) is 6.29. The lowest BCUT2D eigenvalue weighted by Gasteiger charge is -2.28. The van der Waals surface area contributed by atoms with Crippen LogP contribution in [-0.2, 0) is 0 Å². The Morgan fingerprint density at radius 1 is 1.42 bits per heavy atom. The van der Waals surface area contributed by atoms with Crippen LogP contribution in [0, 0.1) is 15.5 Å². The molecule has 0 aromatic heterocycles. The lowest BCUT2D eigenvalue weighted by atomic mass is 9.96. The highest BCUT2D eigenvalue weighted by Gasteiger charge is 2.22. The molecule has 0 spiro atoms. The van der Waals surface area contributed by atoms with Gasteiger partial charge in [0, 0.05) is 19.7 Å². The van der Waals surface area contributed by atoms with E-state index in [-0.39, 0.29) is 11.1 Å². The van der Waals surface area contributed by atoms with Crippen molar-refractivity contribution in [1.29, 1.82) is 0 Å². The molecule has 0 fully saturated rings. The molecule has 0 amide bonds. The number of anilines is 1. The van der Waals surface area contributed by atoms with E-state index in [1.165, 1.54) is 6.07 Å². The van der Waals surface area contributed by atoms with Crippen molar-refractivity contribution in [3.63, 3.8) is 0 Å². The highest BCUT2D eigenvalue weighted by Crippen LogP contribution is 2.32. The molecule has 0 heterocycles. The van der Waals surface area contributed by atoms with Crippen LogP contribution < -0.4 is 4.90 Å². The van der Waals surface area contributed by atoms with E-state index in [9.17, 15) is 15.2 Å². The maximum absolute atomic E-state index is 11.2.